The van der Waals surface area contributed by atoms with E-state index < -0.39 is 0 Å². The van der Waals surface area contributed by atoms with E-state index >= 15 is 0 Å². The molecule has 2 aromatic heterocycles. The van der Waals surface area contributed by atoms with Crippen molar-refractivity contribution in [1.82, 2.24) is 20.2 Å². The summed E-state index contributed by atoms with van der Waals surface area (Å²) in [6.45, 7) is 4.64. The maximum absolute atomic E-state index is 5.99. The zero-order valence-electron chi connectivity index (χ0n) is 26.6. The minimum Gasteiger partial charge on any atom is -0.416 e. The van der Waals surface area contributed by atoms with Crippen LogP contribution in [0.2, 0.25) is 0 Å². The number of benzene rings is 6. The fourth-order valence-electron chi connectivity index (χ4n) is 6.91. The first-order valence-electron chi connectivity index (χ1n) is 16.1. The maximum atomic E-state index is 5.99. The molecule has 0 saturated heterocycles. The lowest BCUT2D eigenvalue weighted by atomic mass is 9.81. The lowest BCUT2D eigenvalue weighted by molar-refractivity contribution is 0.584. The molecule has 0 saturated carbocycles. The van der Waals surface area contributed by atoms with Crippen LogP contribution >= 0.6 is 0 Å². The number of hydrogen-bond acceptors (Lipinski definition) is 5. The molecule has 9 rings (SSSR count). The highest BCUT2D eigenvalue weighted by Gasteiger charge is 2.36. The Hall–Kier alpha value is -6.20. The van der Waals surface area contributed by atoms with Crippen LogP contribution in [0.5, 0.6) is 0 Å². The van der Waals surface area contributed by atoms with E-state index in [1.165, 1.54) is 27.8 Å². The van der Waals surface area contributed by atoms with Gasteiger partial charge in [0.1, 0.15) is 0 Å². The summed E-state index contributed by atoms with van der Waals surface area (Å²) in [5.41, 5.74) is 14.7. The van der Waals surface area contributed by atoms with E-state index in [2.05, 4.69) is 96.8 Å². The Labute approximate surface area is 278 Å². The molecule has 0 aliphatic heterocycles. The van der Waals surface area contributed by atoms with Crippen LogP contribution in [0.15, 0.2) is 150 Å². The van der Waals surface area contributed by atoms with Gasteiger partial charge in [-0.3, -0.25) is 0 Å². The zero-order valence-corrected chi connectivity index (χ0v) is 26.6. The first-order chi connectivity index (χ1) is 23.5. The molecule has 228 valence electrons. The molecule has 0 bridgehead atoms. The van der Waals surface area contributed by atoms with E-state index in [-0.39, 0.29) is 5.41 Å². The summed E-state index contributed by atoms with van der Waals surface area (Å²) in [6, 6.07) is 50.2. The molecular formula is C43H30N4O. The van der Waals surface area contributed by atoms with Crippen LogP contribution in [0, 0.1) is 0 Å². The molecule has 0 fully saturated rings. The van der Waals surface area contributed by atoms with Gasteiger partial charge in [0.25, 0.3) is 0 Å². The molecular weight excluding hydrogens is 589 g/mol. The van der Waals surface area contributed by atoms with Gasteiger partial charge in [-0.2, -0.15) is 0 Å². The number of aromatic nitrogens is 4. The first-order valence-corrected chi connectivity index (χ1v) is 16.1. The van der Waals surface area contributed by atoms with Crippen molar-refractivity contribution in [3.8, 4) is 67.7 Å². The summed E-state index contributed by atoms with van der Waals surface area (Å²) in [5.74, 6) is 1.02. The second kappa shape index (κ2) is 11.0. The Balaban J connectivity index is 1.06. The average molecular weight is 619 g/mol. The van der Waals surface area contributed by atoms with Crippen LogP contribution in [0.4, 0.5) is 0 Å². The zero-order chi connectivity index (χ0) is 32.2. The third-order valence-electron chi connectivity index (χ3n) is 9.48. The molecule has 5 heteroatoms. The Morgan fingerprint density at radius 3 is 1.46 bits per heavy atom. The van der Waals surface area contributed by atoms with Gasteiger partial charge in [-0.25, -0.2) is 9.97 Å². The topological polar surface area (TPSA) is 64.7 Å². The monoisotopic (exact) mass is 618 g/mol. The summed E-state index contributed by atoms with van der Waals surface area (Å²) >= 11 is 0. The SMILES string of the molecule is CC1(C)c2cc(-c3ccc(-c4nnc(-c5ccccc5)o4)cc3)ccc2-c2ccc(-c3nc4ccccc4nc3-c3ccccc3)cc21. The maximum Gasteiger partial charge on any atom is 0.248 e. The fraction of sp³-hybridized carbons (Fsp3) is 0.0698. The first kappa shape index (κ1) is 28.1. The number of para-hydroxylation sites is 2. The normalized spacial score (nSPS) is 13.0. The van der Waals surface area contributed by atoms with Gasteiger partial charge in [0, 0.05) is 27.7 Å². The number of nitrogens with zero attached hydrogens (tertiary/aromatic N) is 4. The second-order valence-corrected chi connectivity index (χ2v) is 12.8. The van der Waals surface area contributed by atoms with Gasteiger partial charge in [-0.05, 0) is 81.9 Å². The molecule has 8 aromatic rings. The number of fused-ring (bicyclic) bond motifs is 4. The lowest BCUT2D eigenvalue weighted by Gasteiger charge is -2.23. The van der Waals surface area contributed by atoms with Gasteiger partial charge in [-0.1, -0.05) is 111 Å². The molecule has 2 heterocycles. The molecule has 1 aliphatic carbocycles. The van der Waals surface area contributed by atoms with Gasteiger partial charge < -0.3 is 4.42 Å². The number of hydrogen-bond donors (Lipinski definition) is 0. The van der Waals surface area contributed by atoms with Crippen molar-refractivity contribution < 1.29 is 4.42 Å². The van der Waals surface area contributed by atoms with E-state index in [0.29, 0.717) is 11.8 Å². The van der Waals surface area contributed by atoms with Crippen LogP contribution in [-0.4, -0.2) is 20.2 Å². The largest absolute Gasteiger partial charge is 0.416 e. The predicted molar refractivity (Wildman–Crippen MR) is 192 cm³/mol. The molecule has 0 spiro atoms. The molecule has 0 amide bonds. The summed E-state index contributed by atoms with van der Waals surface area (Å²) in [6.07, 6.45) is 0. The van der Waals surface area contributed by atoms with Crippen LogP contribution in [-0.2, 0) is 5.41 Å². The van der Waals surface area contributed by atoms with Crippen molar-refractivity contribution in [3.63, 3.8) is 0 Å². The van der Waals surface area contributed by atoms with Gasteiger partial charge in [0.05, 0.1) is 22.4 Å². The Morgan fingerprint density at radius 2 is 0.854 bits per heavy atom. The van der Waals surface area contributed by atoms with Crippen LogP contribution in [0.1, 0.15) is 25.0 Å². The minimum absolute atomic E-state index is 0.203. The average Bonchev–Trinajstić information content (AvgIpc) is 3.73. The molecule has 5 nitrogen and oxygen atoms in total. The second-order valence-electron chi connectivity index (χ2n) is 12.8. The molecule has 1 aliphatic rings. The van der Waals surface area contributed by atoms with Crippen molar-refractivity contribution in [2.24, 2.45) is 0 Å². The Kier molecular flexibility index (Phi) is 6.40. The molecule has 6 aromatic carbocycles. The standard InChI is InChI=1S/C43H30N4O/c1-43(2)35-25-31(27-17-19-30(20-18-27)42-47-46-41(48-42)29-13-7-4-8-14-29)21-23-33(35)34-24-22-32(26-36(34)43)40-39(28-11-5-3-6-12-28)44-37-15-9-10-16-38(37)45-40/h3-26H,1-2H3. The van der Waals surface area contributed by atoms with Crippen molar-refractivity contribution in [2.45, 2.75) is 19.3 Å². The quantitative estimate of drug-likeness (QED) is 0.192. The summed E-state index contributed by atoms with van der Waals surface area (Å²) in [7, 11) is 0. The van der Waals surface area contributed by atoms with E-state index in [4.69, 9.17) is 14.4 Å². The molecule has 0 radical (unpaired) electrons. The predicted octanol–water partition coefficient (Wildman–Crippen LogP) is 10.7. The van der Waals surface area contributed by atoms with Crippen LogP contribution in [0.25, 0.3) is 78.7 Å². The minimum atomic E-state index is -0.203. The van der Waals surface area contributed by atoms with Gasteiger partial charge in [0.2, 0.25) is 11.8 Å². The van der Waals surface area contributed by atoms with Crippen molar-refractivity contribution in [1.29, 1.82) is 0 Å². The molecule has 48 heavy (non-hydrogen) atoms. The Morgan fingerprint density at radius 1 is 0.417 bits per heavy atom. The summed E-state index contributed by atoms with van der Waals surface area (Å²) in [4.78, 5) is 10.3. The highest BCUT2D eigenvalue weighted by Crippen LogP contribution is 2.51. The van der Waals surface area contributed by atoms with Gasteiger partial charge in [0.15, 0.2) is 0 Å². The van der Waals surface area contributed by atoms with E-state index in [1.54, 1.807) is 0 Å². The van der Waals surface area contributed by atoms with E-state index in [0.717, 1.165) is 50.2 Å². The van der Waals surface area contributed by atoms with Gasteiger partial charge in [-0.15, -0.1) is 10.2 Å². The van der Waals surface area contributed by atoms with Crippen molar-refractivity contribution in [2.75, 3.05) is 0 Å². The smallest absolute Gasteiger partial charge is 0.248 e. The van der Waals surface area contributed by atoms with Crippen LogP contribution in [0.3, 0.4) is 0 Å². The third kappa shape index (κ3) is 4.63. The highest BCUT2D eigenvalue weighted by molar-refractivity contribution is 5.90. The van der Waals surface area contributed by atoms with Crippen molar-refractivity contribution in [3.05, 3.63) is 157 Å². The lowest BCUT2D eigenvalue weighted by Crippen LogP contribution is -2.15. The summed E-state index contributed by atoms with van der Waals surface area (Å²) < 4.78 is 5.99. The fourth-order valence-corrected chi connectivity index (χ4v) is 6.91. The molecule has 0 unspecified atom stereocenters. The van der Waals surface area contributed by atoms with Crippen LogP contribution < -0.4 is 0 Å². The van der Waals surface area contributed by atoms with E-state index in [1.807, 2.05) is 72.8 Å². The molecule has 0 N–H and O–H groups in total. The van der Waals surface area contributed by atoms with E-state index in [9.17, 15) is 0 Å². The third-order valence-corrected chi connectivity index (χ3v) is 9.48. The number of rotatable bonds is 5. The molecule has 0 atom stereocenters. The van der Waals surface area contributed by atoms with Gasteiger partial charge >= 0.3 is 0 Å². The van der Waals surface area contributed by atoms with Crippen molar-refractivity contribution >= 4 is 11.0 Å². The highest BCUT2D eigenvalue weighted by atomic mass is 16.4. The summed E-state index contributed by atoms with van der Waals surface area (Å²) in [5, 5.41) is 8.55. The Bertz CT molecular complexity index is 2460.